The molecular weight excluding hydrogens is 240 g/mol. The Morgan fingerprint density at radius 1 is 1.44 bits per heavy atom. The molecule has 1 heterocycles. The Hall–Kier alpha value is -0.410. The fourth-order valence-electron chi connectivity index (χ4n) is 4.03. The topological polar surface area (TPSA) is 24.9 Å². The maximum absolute atomic E-state index is 4.48. The highest BCUT2D eigenvalue weighted by atomic mass is 32.1. The molecule has 1 N–H and O–H groups in total. The summed E-state index contributed by atoms with van der Waals surface area (Å²) in [5, 5.41) is 7.22. The lowest BCUT2D eigenvalue weighted by Gasteiger charge is -2.31. The summed E-state index contributed by atoms with van der Waals surface area (Å²) in [5.41, 5.74) is 0. The van der Waals surface area contributed by atoms with Gasteiger partial charge in [-0.2, -0.15) is 0 Å². The molecule has 1 aromatic rings. The van der Waals surface area contributed by atoms with Gasteiger partial charge < -0.3 is 5.32 Å². The van der Waals surface area contributed by atoms with E-state index in [1.54, 1.807) is 0 Å². The van der Waals surface area contributed by atoms with Crippen LogP contribution in [0.3, 0.4) is 0 Å². The Kier molecular flexibility index (Phi) is 4.00. The minimum absolute atomic E-state index is 0.673. The standard InChI is InChI=1S/C15H24N2S/c1-2-5-16-14(10-15-17-6-7-18-15)13-9-11-3-4-12(13)8-11/h6-7,11-14,16H,2-5,8-10H2,1H3. The zero-order valence-electron chi connectivity index (χ0n) is 11.3. The first kappa shape index (κ1) is 12.6. The molecular formula is C15H24N2S. The number of hydrogen-bond acceptors (Lipinski definition) is 3. The van der Waals surface area contributed by atoms with Crippen LogP contribution in [-0.4, -0.2) is 17.6 Å². The normalized spacial score (nSPS) is 31.9. The van der Waals surface area contributed by atoms with E-state index in [2.05, 4.69) is 22.6 Å². The van der Waals surface area contributed by atoms with Crippen molar-refractivity contribution >= 4 is 11.3 Å². The molecule has 4 unspecified atom stereocenters. The third kappa shape index (κ3) is 2.62. The van der Waals surface area contributed by atoms with Crippen LogP contribution >= 0.6 is 11.3 Å². The van der Waals surface area contributed by atoms with E-state index < -0.39 is 0 Å². The monoisotopic (exact) mass is 264 g/mol. The van der Waals surface area contributed by atoms with Crippen molar-refractivity contribution in [1.29, 1.82) is 0 Å². The molecule has 3 rings (SSSR count). The molecule has 0 aliphatic heterocycles. The maximum Gasteiger partial charge on any atom is 0.0940 e. The van der Waals surface area contributed by atoms with Gasteiger partial charge in [0.2, 0.25) is 0 Å². The van der Waals surface area contributed by atoms with Crippen molar-refractivity contribution in [2.24, 2.45) is 17.8 Å². The van der Waals surface area contributed by atoms with Crippen molar-refractivity contribution in [3.05, 3.63) is 16.6 Å². The predicted octanol–water partition coefficient (Wildman–Crippen LogP) is 3.49. The van der Waals surface area contributed by atoms with E-state index in [4.69, 9.17) is 0 Å². The van der Waals surface area contributed by atoms with Gasteiger partial charge in [0.1, 0.15) is 0 Å². The third-order valence-electron chi connectivity index (χ3n) is 4.84. The van der Waals surface area contributed by atoms with Crippen LogP contribution in [0.1, 0.15) is 44.0 Å². The zero-order chi connectivity index (χ0) is 12.4. The van der Waals surface area contributed by atoms with Gasteiger partial charge >= 0.3 is 0 Å². The lowest BCUT2D eigenvalue weighted by atomic mass is 9.82. The highest BCUT2D eigenvalue weighted by Gasteiger charge is 2.42. The second kappa shape index (κ2) is 5.70. The molecule has 1 aromatic heterocycles. The number of nitrogens with one attached hydrogen (secondary N) is 1. The fourth-order valence-corrected chi connectivity index (χ4v) is 4.71. The first-order valence-corrected chi connectivity index (χ1v) is 8.36. The first-order valence-electron chi connectivity index (χ1n) is 7.48. The smallest absolute Gasteiger partial charge is 0.0940 e. The molecule has 100 valence electrons. The highest BCUT2D eigenvalue weighted by molar-refractivity contribution is 7.09. The molecule has 2 aliphatic carbocycles. The molecule has 0 spiro atoms. The number of thiazole rings is 1. The average molecular weight is 264 g/mol. The molecule has 18 heavy (non-hydrogen) atoms. The summed E-state index contributed by atoms with van der Waals surface area (Å²) in [7, 11) is 0. The van der Waals surface area contributed by atoms with Gasteiger partial charge in [-0.25, -0.2) is 4.98 Å². The summed E-state index contributed by atoms with van der Waals surface area (Å²) in [4.78, 5) is 4.48. The van der Waals surface area contributed by atoms with Gasteiger partial charge in [0.25, 0.3) is 0 Å². The average Bonchev–Trinajstić information content (AvgIpc) is 3.10. The molecule has 2 fully saturated rings. The van der Waals surface area contributed by atoms with Gasteiger partial charge in [-0.1, -0.05) is 13.3 Å². The zero-order valence-corrected chi connectivity index (χ0v) is 12.1. The van der Waals surface area contributed by atoms with Crippen molar-refractivity contribution < 1.29 is 0 Å². The van der Waals surface area contributed by atoms with Gasteiger partial charge in [0.15, 0.2) is 0 Å². The molecule has 0 aromatic carbocycles. The van der Waals surface area contributed by atoms with E-state index in [0.717, 1.165) is 30.7 Å². The van der Waals surface area contributed by atoms with Gasteiger partial charge in [0, 0.05) is 24.0 Å². The van der Waals surface area contributed by atoms with Gasteiger partial charge in [-0.15, -0.1) is 11.3 Å². The van der Waals surface area contributed by atoms with Crippen molar-refractivity contribution in [3.8, 4) is 0 Å². The van der Waals surface area contributed by atoms with Crippen molar-refractivity contribution in [2.45, 2.75) is 51.5 Å². The lowest BCUT2D eigenvalue weighted by Crippen LogP contribution is -2.40. The van der Waals surface area contributed by atoms with E-state index in [-0.39, 0.29) is 0 Å². The Bertz CT molecular complexity index is 363. The van der Waals surface area contributed by atoms with Crippen molar-refractivity contribution in [1.82, 2.24) is 10.3 Å². The molecule has 0 saturated heterocycles. The van der Waals surface area contributed by atoms with Gasteiger partial charge in [-0.3, -0.25) is 0 Å². The van der Waals surface area contributed by atoms with E-state index in [1.807, 2.05) is 17.5 Å². The van der Waals surface area contributed by atoms with E-state index in [0.29, 0.717) is 6.04 Å². The van der Waals surface area contributed by atoms with E-state index >= 15 is 0 Å². The number of nitrogens with zero attached hydrogens (tertiary/aromatic N) is 1. The summed E-state index contributed by atoms with van der Waals surface area (Å²) < 4.78 is 0. The second-order valence-electron chi connectivity index (χ2n) is 6.03. The minimum Gasteiger partial charge on any atom is -0.313 e. The van der Waals surface area contributed by atoms with Gasteiger partial charge in [-0.05, 0) is 50.0 Å². The second-order valence-corrected chi connectivity index (χ2v) is 7.01. The van der Waals surface area contributed by atoms with Crippen LogP contribution in [0.4, 0.5) is 0 Å². The molecule has 2 saturated carbocycles. The number of rotatable bonds is 6. The maximum atomic E-state index is 4.48. The van der Waals surface area contributed by atoms with Gasteiger partial charge in [0.05, 0.1) is 5.01 Å². The van der Waals surface area contributed by atoms with Crippen LogP contribution in [0.25, 0.3) is 0 Å². The largest absolute Gasteiger partial charge is 0.313 e. The minimum atomic E-state index is 0.673. The Labute approximate surface area is 114 Å². The molecule has 3 heteroatoms. The summed E-state index contributed by atoms with van der Waals surface area (Å²) in [6.07, 6.45) is 10.3. The quantitative estimate of drug-likeness (QED) is 0.851. The third-order valence-corrected chi connectivity index (χ3v) is 5.65. The Balaban J connectivity index is 1.65. The molecule has 0 amide bonds. The molecule has 2 nitrogen and oxygen atoms in total. The van der Waals surface area contributed by atoms with E-state index in [1.165, 1.54) is 37.1 Å². The number of fused-ring (bicyclic) bond motifs is 2. The summed E-state index contributed by atoms with van der Waals surface area (Å²) in [6.45, 7) is 3.41. The molecule has 0 radical (unpaired) electrons. The van der Waals surface area contributed by atoms with Crippen LogP contribution in [-0.2, 0) is 6.42 Å². The van der Waals surface area contributed by atoms with Crippen LogP contribution in [0, 0.1) is 17.8 Å². The number of hydrogen-bond donors (Lipinski definition) is 1. The SMILES string of the molecule is CCCNC(Cc1nccs1)C1CC2CCC1C2. The summed E-state index contributed by atoms with van der Waals surface area (Å²) in [6, 6.07) is 0.673. The fraction of sp³-hybridized carbons (Fsp3) is 0.800. The van der Waals surface area contributed by atoms with Crippen molar-refractivity contribution in [2.75, 3.05) is 6.54 Å². The summed E-state index contributed by atoms with van der Waals surface area (Å²) >= 11 is 1.81. The first-order chi connectivity index (χ1) is 8.86. The highest BCUT2D eigenvalue weighted by Crippen LogP contribution is 2.49. The predicted molar refractivity (Wildman–Crippen MR) is 76.8 cm³/mol. The summed E-state index contributed by atoms with van der Waals surface area (Å²) in [5.74, 6) is 2.96. The van der Waals surface area contributed by atoms with Crippen LogP contribution < -0.4 is 5.32 Å². The lowest BCUT2D eigenvalue weighted by molar-refractivity contribution is 0.247. The van der Waals surface area contributed by atoms with Crippen LogP contribution in [0.2, 0.25) is 0 Å². The molecule has 2 aliphatic rings. The Morgan fingerprint density at radius 3 is 3.00 bits per heavy atom. The van der Waals surface area contributed by atoms with Crippen LogP contribution in [0.5, 0.6) is 0 Å². The number of aromatic nitrogens is 1. The van der Waals surface area contributed by atoms with E-state index in [9.17, 15) is 0 Å². The molecule has 4 atom stereocenters. The molecule has 2 bridgehead atoms. The van der Waals surface area contributed by atoms with Crippen LogP contribution in [0.15, 0.2) is 11.6 Å². The van der Waals surface area contributed by atoms with Crippen molar-refractivity contribution in [3.63, 3.8) is 0 Å². The Morgan fingerprint density at radius 2 is 2.39 bits per heavy atom.